The van der Waals surface area contributed by atoms with E-state index in [1.54, 1.807) is 18.2 Å². The van der Waals surface area contributed by atoms with Gasteiger partial charge in [-0.05, 0) is 89.0 Å². The van der Waals surface area contributed by atoms with Crippen LogP contribution in [0.3, 0.4) is 0 Å². The maximum absolute atomic E-state index is 10.2. The van der Waals surface area contributed by atoms with Crippen LogP contribution in [-0.4, -0.2) is 19.5 Å². The molecule has 0 aliphatic heterocycles. The molecule has 2 aromatic heterocycles. The molecule has 0 unspecified atom stereocenters. The highest BCUT2D eigenvalue weighted by molar-refractivity contribution is 6.12. The van der Waals surface area contributed by atoms with E-state index in [4.69, 9.17) is 28.1 Å². The smallest absolute Gasteiger partial charge is 0.189 e. The average molecular weight is 803 g/mol. The van der Waals surface area contributed by atoms with Crippen molar-refractivity contribution in [3.05, 3.63) is 216 Å². The molecule has 0 aliphatic carbocycles. The minimum Gasteiger partial charge on any atom is -0.308 e. The van der Waals surface area contributed by atoms with E-state index in [0.29, 0.717) is 45.5 Å². The first-order valence-corrected chi connectivity index (χ1v) is 20.0. The normalized spacial score (nSPS) is 10.8. The first kappa shape index (κ1) is 37.8. The highest BCUT2D eigenvalue weighted by Crippen LogP contribution is 2.45. The van der Waals surface area contributed by atoms with Crippen molar-refractivity contribution in [1.29, 1.82) is 10.5 Å². The summed E-state index contributed by atoms with van der Waals surface area (Å²) in [4.78, 5) is 22.7. The molecule has 0 aliphatic rings. The first-order chi connectivity index (χ1) is 31.0. The number of nitriles is 2. The lowest BCUT2D eigenvalue weighted by atomic mass is 9.91. The Bertz CT molecular complexity index is 3450. The number of hydrogen-bond acceptors (Lipinski definition) is 5. The maximum atomic E-state index is 10.2. The van der Waals surface area contributed by atoms with Crippen molar-refractivity contribution in [2.24, 2.45) is 0 Å². The zero-order valence-corrected chi connectivity index (χ0v) is 33.4. The monoisotopic (exact) mass is 802 g/mol. The van der Waals surface area contributed by atoms with E-state index in [9.17, 15) is 10.5 Å². The average Bonchev–Trinajstić information content (AvgIpc) is 3.69. The molecular formula is C55H30N8. The fourth-order valence-electron chi connectivity index (χ4n) is 8.18. The van der Waals surface area contributed by atoms with Crippen LogP contribution >= 0.6 is 0 Å². The third-order valence-electron chi connectivity index (χ3n) is 11.1. The molecule has 0 spiro atoms. The van der Waals surface area contributed by atoms with E-state index in [0.717, 1.165) is 72.0 Å². The fraction of sp³-hybridized carbons (Fsp3) is 0. The predicted octanol–water partition coefficient (Wildman–Crippen LogP) is 13.8. The molecular weight excluding hydrogens is 773 g/mol. The number of rotatable bonds is 7. The van der Waals surface area contributed by atoms with Gasteiger partial charge in [0.2, 0.25) is 0 Å². The standard InChI is InChI=1S/C55H30N8/c1-58-44-20-12-19-41(28-44)48-32-43(55-61-53(37-14-5-3-6-15-37)60-54(62-55)38-16-7-4-8-17-38)31-47(40-18-11-13-35(25-40)33-56)52(48)63-50-22-10-9-21-46(50)49-30-39(23-24-51(49)63)42-26-36(34-57)27-45(29-42)59-2/h3-32H. The second-order valence-electron chi connectivity index (χ2n) is 14.9. The Labute approximate surface area is 363 Å². The molecule has 0 N–H and O–H groups in total. The summed E-state index contributed by atoms with van der Waals surface area (Å²) in [6, 6.07) is 63.2. The Hall–Kier alpha value is -9.47. The molecule has 8 heteroatoms. The van der Waals surface area contributed by atoms with Gasteiger partial charge in [0.25, 0.3) is 0 Å². The largest absolute Gasteiger partial charge is 0.308 e. The van der Waals surface area contributed by atoms with Crippen LogP contribution in [0.15, 0.2) is 182 Å². The predicted molar refractivity (Wildman–Crippen MR) is 249 cm³/mol. The zero-order chi connectivity index (χ0) is 42.9. The van der Waals surface area contributed by atoms with E-state index >= 15 is 0 Å². The number of fused-ring (bicyclic) bond motifs is 3. The van der Waals surface area contributed by atoms with E-state index in [2.05, 4.69) is 62.8 Å². The maximum Gasteiger partial charge on any atom is 0.189 e. The lowest BCUT2D eigenvalue weighted by Crippen LogP contribution is -2.04. The molecule has 8 nitrogen and oxygen atoms in total. The summed E-state index contributed by atoms with van der Waals surface area (Å²) in [7, 11) is 0. The SMILES string of the molecule is [C-]#[N+]c1cc(C#N)cc(-c2ccc3c(c2)c2ccccc2n3-c2c(-c3cccc(C#N)c3)cc(-c3nc(-c4ccccc4)nc(-c4ccccc4)n3)cc2-c2cccc([N+]#[C-])c2)c1. The number of benzene rings is 8. The first-order valence-electron chi connectivity index (χ1n) is 20.0. The zero-order valence-electron chi connectivity index (χ0n) is 33.4. The molecule has 2 heterocycles. The van der Waals surface area contributed by atoms with Crippen LogP contribution < -0.4 is 0 Å². The van der Waals surface area contributed by atoms with Gasteiger partial charge in [-0.2, -0.15) is 10.5 Å². The van der Waals surface area contributed by atoms with Gasteiger partial charge in [0.15, 0.2) is 28.8 Å². The number of nitrogens with zero attached hydrogens (tertiary/aromatic N) is 8. The number of hydrogen-bond donors (Lipinski definition) is 0. The van der Waals surface area contributed by atoms with Crippen molar-refractivity contribution >= 4 is 33.2 Å². The Morgan fingerprint density at radius 3 is 1.59 bits per heavy atom. The van der Waals surface area contributed by atoms with Crippen LogP contribution in [0, 0.1) is 35.8 Å². The number of para-hydroxylation sites is 1. The summed E-state index contributed by atoms with van der Waals surface area (Å²) in [5.41, 5.74) is 11.8. The van der Waals surface area contributed by atoms with E-state index in [1.807, 2.05) is 127 Å². The molecule has 63 heavy (non-hydrogen) atoms. The second kappa shape index (κ2) is 15.9. The molecule has 10 aromatic rings. The highest BCUT2D eigenvalue weighted by Gasteiger charge is 2.24. The number of aromatic nitrogens is 4. The van der Waals surface area contributed by atoms with Gasteiger partial charge in [0.05, 0.1) is 47.6 Å². The second-order valence-corrected chi connectivity index (χ2v) is 14.9. The summed E-state index contributed by atoms with van der Waals surface area (Å²) in [6.45, 7) is 15.7. The van der Waals surface area contributed by atoms with Gasteiger partial charge in [-0.1, -0.05) is 115 Å². The van der Waals surface area contributed by atoms with Crippen LogP contribution in [0.2, 0.25) is 0 Å². The molecule has 0 fully saturated rings. The third-order valence-corrected chi connectivity index (χ3v) is 11.1. The van der Waals surface area contributed by atoms with Crippen LogP contribution in [0.5, 0.6) is 0 Å². The van der Waals surface area contributed by atoms with E-state index < -0.39 is 0 Å². The molecule has 10 rings (SSSR count). The van der Waals surface area contributed by atoms with Crippen molar-refractivity contribution in [2.45, 2.75) is 0 Å². The van der Waals surface area contributed by atoms with Crippen LogP contribution in [-0.2, 0) is 0 Å². The quantitative estimate of drug-likeness (QED) is 0.149. The third kappa shape index (κ3) is 6.99. The Morgan fingerprint density at radius 2 is 0.937 bits per heavy atom. The molecule has 0 amide bonds. The molecule has 0 bridgehead atoms. The van der Waals surface area contributed by atoms with Crippen molar-refractivity contribution in [3.63, 3.8) is 0 Å². The summed E-state index contributed by atoms with van der Waals surface area (Å²) in [6.07, 6.45) is 0. The summed E-state index contributed by atoms with van der Waals surface area (Å²) < 4.78 is 2.25. The topological polar surface area (TPSA) is 99.9 Å². The van der Waals surface area contributed by atoms with Crippen LogP contribution in [0.1, 0.15) is 11.1 Å². The molecule has 0 radical (unpaired) electrons. The van der Waals surface area contributed by atoms with Crippen LogP contribution in [0.4, 0.5) is 11.4 Å². The molecule has 0 atom stereocenters. The van der Waals surface area contributed by atoms with Gasteiger partial charge in [-0.25, -0.2) is 24.6 Å². The van der Waals surface area contributed by atoms with Crippen molar-refractivity contribution < 1.29 is 0 Å². The Morgan fingerprint density at radius 1 is 0.397 bits per heavy atom. The molecule has 0 saturated heterocycles. The van der Waals surface area contributed by atoms with Gasteiger partial charge in [-0.15, -0.1) is 0 Å². The van der Waals surface area contributed by atoms with Crippen molar-refractivity contribution in [2.75, 3.05) is 0 Å². The lowest BCUT2D eigenvalue weighted by Gasteiger charge is -2.21. The minimum absolute atomic E-state index is 0.396. The van der Waals surface area contributed by atoms with Gasteiger partial charge in [-0.3, -0.25) is 0 Å². The Kier molecular flexibility index (Phi) is 9.56. The molecule has 0 saturated carbocycles. The molecule has 290 valence electrons. The lowest BCUT2D eigenvalue weighted by molar-refractivity contribution is 1.07. The van der Waals surface area contributed by atoms with Gasteiger partial charge < -0.3 is 4.57 Å². The van der Waals surface area contributed by atoms with E-state index in [1.165, 1.54) is 0 Å². The van der Waals surface area contributed by atoms with Crippen molar-refractivity contribution in [1.82, 2.24) is 19.5 Å². The summed E-state index contributed by atoms with van der Waals surface area (Å²) >= 11 is 0. The van der Waals surface area contributed by atoms with Gasteiger partial charge in [0, 0.05) is 44.2 Å². The summed E-state index contributed by atoms with van der Waals surface area (Å²) in [5.74, 6) is 1.50. The van der Waals surface area contributed by atoms with Gasteiger partial charge >= 0.3 is 0 Å². The van der Waals surface area contributed by atoms with E-state index in [-0.39, 0.29) is 0 Å². The highest BCUT2D eigenvalue weighted by atomic mass is 15.0. The Balaban J connectivity index is 1.32. The van der Waals surface area contributed by atoms with Crippen LogP contribution in [0.25, 0.3) is 105 Å². The minimum atomic E-state index is 0.396. The van der Waals surface area contributed by atoms with Crippen molar-refractivity contribution in [3.8, 4) is 85.4 Å². The summed E-state index contributed by atoms with van der Waals surface area (Å²) in [5, 5.41) is 21.9. The fourth-order valence-corrected chi connectivity index (χ4v) is 8.18. The van der Waals surface area contributed by atoms with Gasteiger partial charge in [0.1, 0.15) is 0 Å². The molecule has 8 aromatic carbocycles.